The van der Waals surface area contributed by atoms with E-state index in [4.69, 9.17) is 4.74 Å². The van der Waals surface area contributed by atoms with Crippen molar-refractivity contribution in [1.82, 2.24) is 0 Å². The number of rotatable bonds is 5. The molecule has 0 aromatic carbocycles. The van der Waals surface area contributed by atoms with Crippen LogP contribution in [-0.2, 0) is 23.8 Å². The van der Waals surface area contributed by atoms with Gasteiger partial charge in [0.1, 0.15) is 0 Å². The molecule has 0 radical (unpaired) electrons. The molecule has 17 heavy (non-hydrogen) atoms. The van der Waals surface area contributed by atoms with Crippen molar-refractivity contribution >= 4 is 16.1 Å². The van der Waals surface area contributed by atoms with Crippen molar-refractivity contribution in [2.24, 2.45) is 11.3 Å². The van der Waals surface area contributed by atoms with Crippen LogP contribution in [0.2, 0.25) is 0 Å². The zero-order chi connectivity index (χ0) is 13.3. The SMILES string of the molecule is CCOS(=O)(=O)C1CC1COC(=O)C(C)(C)C. The van der Waals surface area contributed by atoms with Crippen LogP contribution < -0.4 is 0 Å². The van der Waals surface area contributed by atoms with E-state index in [0.717, 1.165) is 0 Å². The average molecular weight is 264 g/mol. The van der Waals surface area contributed by atoms with Crippen molar-refractivity contribution in [3.8, 4) is 0 Å². The third-order valence-electron chi connectivity index (χ3n) is 2.55. The molecule has 1 aliphatic carbocycles. The standard InChI is InChI=1S/C11H20O5S/c1-5-16-17(13,14)9-6-8(9)7-15-10(12)11(2,3)4/h8-9H,5-7H2,1-4H3. The summed E-state index contributed by atoms with van der Waals surface area (Å²) in [6.45, 7) is 7.22. The first-order chi connectivity index (χ1) is 7.68. The number of hydrogen-bond acceptors (Lipinski definition) is 5. The molecule has 0 aromatic heterocycles. The van der Waals surface area contributed by atoms with Crippen LogP contribution >= 0.6 is 0 Å². The van der Waals surface area contributed by atoms with Gasteiger partial charge in [-0.05, 0) is 34.1 Å². The fraction of sp³-hybridized carbons (Fsp3) is 0.909. The van der Waals surface area contributed by atoms with E-state index in [1.807, 2.05) is 0 Å². The maximum absolute atomic E-state index is 11.5. The molecule has 1 aliphatic rings. The highest BCUT2D eigenvalue weighted by molar-refractivity contribution is 7.87. The van der Waals surface area contributed by atoms with Gasteiger partial charge in [-0.25, -0.2) is 0 Å². The van der Waals surface area contributed by atoms with Crippen LogP contribution in [0.4, 0.5) is 0 Å². The zero-order valence-corrected chi connectivity index (χ0v) is 11.5. The predicted octanol–water partition coefficient (Wildman–Crippen LogP) is 1.33. The van der Waals surface area contributed by atoms with E-state index in [0.29, 0.717) is 6.42 Å². The van der Waals surface area contributed by atoms with Gasteiger partial charge in [-0.3, -0.25) is 8.98 Å². The van der Waals surface area contributed by atoms with E-state index in [2.05, 4.69) is 4.18 Å². The Balaban J connectivity index is 2.37. The fourth-order valence-electron chi connectivity index (χ4n) is 1.40. The van der Waals surface area contributed by atoms with Crippen molar-refractivity contribution in [3.05, 3.63) is 0 Å². The summed E-state index contributed by atoms with van der Waals surface area (Å²) in [5, 5.41) is -0.504. The van der Waals surface area contributed by atoms with Gasteiger partial charge in [-0.2, -0.15) is 8.42 Å². The maximum atomic E-state index is 11.5. The van der Waals surface area contributed by atoms with Crippen molar-refractivity contribution in [1.29, 1.82) is 0 Å². The third kappa shape index (κ3) is 3.96. The first kappa shape index (κ1) is 14.4. The topological polar surface area (TPSA) is 69.7 Å². The lowest BCUT2D eigenvalue weighted by Gasteiger charge is -2.16. The highest BCUT2D eigenvalue weighted by Gasteiger charge is 2.49. The Morgan fingerprint density at radius 1 is 1.35 bits per heavy atom. The zero-order valence-electron chi connectivity index (χ0n) is 10.7. The Hall–Kier alpha value is -0.620. The summed E-state index contributed by atoms with van der Waals surface area (Å²) in [6, 6.07) is 0. The van der Waals surface area contributed by atoms with Gasteiger partial charge in [0.15, 0.2) is 0 Å². The van der Waals surface area contributed by atoms with Crippen LogP contribution in [0.5, 0.6) is 0 Å². The van der Waals surface area contributed by atoms with E-state index < -0.39 is 20.8 Å². The van der Waals surface area contributed by atoms with Gasteiger partial charge in [0.05, 0.1) is 23.9 Å². The Kier molecular flexibility index (Phi) is 4.19. The first-order valence-corrected chi connectivity index (χ1v) is 7.21. The molecular weight excluding hydrogens is 244 g/mol. The van der Waals surface area contributed by atoms with Gasteiger partial charge in [0, 0.05) is 5.92 Å². The molecule has 1 rings (SSSR count). The highest BCUT2D eigenvalue weighted by Crippen LogP contribution is 2.38. The molecule has 0 aliphatic heterocycles. The average Bonchev–Trinajstić information content (AvgIpc) is 2.92. The quantitative estimate of drug-likeness (QED) is 0.553. The Morgan fingerprint density at radius 2 is 1.94 bits per heavy atom. The number of esters is 1. The molecule has 0 amide bonds. The van der Waals surface area contributed by atoms with Crippen LogP contribution in [0.3, 0.4) is 0 Å². The van der Waals surface area contributed by atoms with Crippen LogP contribution in [0.25, 0.3) is 0 Å². The lowest BCUT2D eigenvalue weighted by atomic mass is 9.97. The smallest absolute Gasteiger partial charge is 0.311 e. The summed E-state index contributed by atoms with van der Waals surface area (Å²) in [7, 11) is -3.46. The van der Waals surface area contributed by atoms with E-state index in [1.165, 1.54) is 0 Å². The number of carbonyl (C=O) groups excluding carboxylic acids is 1. The van der Waals surface area contributed by atoms with E-state index in [-0.39, 0.29) is 25.1 Å². The molecule has 2 unspecified atom stereocenters. The molecule has 1 saturated carbocycles. The largest absolute Gasteiger partial charge is 0.465 e. The van der Waals surface area contributed by atoms with E-state index in [1.54, 1.807) is 27.7 Å². The predicted molar refractivity (Wildman–Crippen MR) is 62.9 cm³/mol. The number of hydrogen-bond donors (Lipinski definition) is 0. The van der Waals surface area contributed by atoms with Crippen molar-refractivity contribution in [3.63, 3.8) is 0 Å². The summed E-state index contributed by atoms with van der Waals surface area (Å²) in [5.74, 6) is -0.421. The Labute approximate surface area is 103 Å². The number of ether oxygens (including phenoxy) is 1. The summed E-state index contributed by atoms with van der Waals surface area (Å²) >= 11 is 0. The van der Waals surface area contributed by atoms with E-state index in [9.17, 15) is 13.2 Å². The van der Waals surface area contributed by atoms with E-state index >= 15 is 0 Å². The maximum Gasteiger partial charge on any atom is 0.311 e. The Morgan fingerprint density at radius 3 is 2.41 bits per heavy atom. The van der Waals surface area contributed by atoms with Gasteiger partial charge in [0.25, 0.3) is 10.1 Å². The monoisotopic (exact) mass is 264 g/mol. The second-order valence-corrected chi connectivity index (χ2v) is 7.11. The van der Waals surface area contributed by atoms with Gasteiger partial charge < -0.3 is 4.74 Å². The van der Waals surface area contributed by atoms with Crippen molar-refractivity contribution < 1.29 is 22.1 Å². The van der Waals surface area contributed by atoms with Crippen LogP contribution in [0.1, 0.15) is 34.1 Å². The third-order valence-corrected chi connectivity index (χ3v) is 4.43. The molecule has 2 atom stereocenters. The molecular formula is C11H20O5S. The highest BCUT2D eigenvalue weighted by atomic mass is 32.2. The minimum Gasteiger partial charge on any atom is -0.465 e. The Bertz CT molecular complexity index is 379. The summed E-state index contributed by atoms with van der Waals surface area (Å²) in [4.78, 5) is 11.5. The van der Waals surface area contributed by atoms with Crippen LogP contribution in [-0.4, -0.2) is 32.9 Å². The van der Waals surface area contributed by atoms with Gasteiger partial charge in [-0.1, -0.05) is 0 Å². The second-order valence-electron chi connectivity index (χ2n) is 5.28. The summed E-state index contributed by atoms with van der Waals surface area (Å²) < 4.78 is 32.7. The lowest BCUT2D eigenvalue weighted by Crippen LogP contribution is -2.24. The second kappa shape index (κ2) is 4.94. The molecule has 5 nitrogen and oxygen atoms in total. The van der Waals surface area contributed by atoms with Crippen LogP contribution in [0.15, 0.2) is 0 Å². The fourth-order valence-corrected chi connectivity index (χ4v) is 2.94. The lowest BCUT2D eigenvalue weighted by molar-refractivity contribution is -0.153. The summed E-state index contributed by atoms with van der Waals surface area (Å²) in [5.41, 5.74) is -0.552. The number of carbonyl (C=O) groups is 1. The van der Waals surface area contributed by atoms with Gasteiger partial charge in [-0.15, -0.1) is 0 Å². The van der Waals surface area contributed by atoms with Gasteiger partial charge >= 0.3 is 5.97 Å². The molecule has 1 fully saturated rings. The molecule has 0 bridgehead atoms. The van der Waals surface area contributed by atoms with Gasteiger partial charge in [0.2, 0.25) is 0 Å². The molecule has 0 aromatic rings. The normalized spacial score (nSPS) is 24.5. The minimum atomic E-state index is -3.46. The minimum absolute atomic E-state index is 0.113. The summed E-state index contributed by atoms with van der Waals surface area (Å²) in [6.07, 6.45) is 0.514. The molecule has 100 valence electrons. The molecule has 0 spiro atoms. The van der Waals surface area contributed by atoms with Crippen LogP contribution in [0, 0.1) is 11.3 Å². The van der Waals surface area contributed by atoms with Crippen molar-refractivity contribution in [2.45, 2.75) is 39.4 Å². The molecule has 0 heterocycles. The van der Waals surface area contributed by atoms with Crippen molar-refractivity contribution in [2.75, 3.05) is 13.2 Å². The first-order valence-electron chi connectivity index (χ1n) is 5.74. The molecule has 0 N–H and O–H groups in total. The molecule has 0 saturated heterocycles. The molecule has 6 heteroatoms.